The lowest BCUT2D eigenvalue weighted by Gasteiger charge is -2.28. The van der Waals surface area contributed by atoms with Crippen molar-refractivity contribution in [3.63, 3.8) is 0 Å². The predicted molar refractivity (Wildman–Crippen MR) is 107 cm³/mol. The van der Waals surface area contributed by atoms with Gasteiger partial charge in [-0.05, 0) is 61.8 Å². The molecule has 0 heterocycles. The lowest BCUT2D eigenvalue weighted by Crippen LogP contribution is -2.45. The smallest absolute Gasteiger partial charge is 0.320 e. The quantitative estimate of drug-likeness (QED) is 0.795. The van der Waals surface area contributed by atoms with Crippen LogP contribution in [0.15, 0.2) is 36.4 Å². The SMILES string of the molecule is CCCC(N[C@H]1CCc2ccc(-c3cc(C)cc(C)c3)cc2C1)C(=O)O. The first-order valence-corrected chi connectivity index (χ1v) is 9.65. The summed E-state index contributed by atoms with van der Waals surface area (Å²) in [4.78, 5) is 11.4. The van der Waals surface area contributed by atoms with E-state index in [4.69, 9.17) is 0 Å². The van der Waals surface area contributed by atoms with Gasteiger partial charge in [0.15, 0.2) is 0 Å². The van der Waals surface area contributed by atoms with Gasteiger partial charge in [0.1, 0.15) is 6.04 Å². The largest absolute Gasteiger partial charge is 0.480 e. The first kappa shape index (κ1) is 18.7. The third kappa shape index (κ3) is 4.34. The fourth-order valence-corrected chi connectivity index (χ4v) is 4.07. The fourth-order valence-electron chi connectivity index (χ4n) is 4.07. The highest BCUT2D eigenvalue weighted by molar-refractivity contribution is 5.73. The van der Waals surface area contributed by atoms with Crippen molar-refractivity contribution >= 4 is 5.97 Å². The molecule has 0 bridgehead atoms. The van der Waals surface area contributed by atoms with Gasteiger partial charge in [0.05, 0.1) is 0 Å². The van der Waals surface area contributed by atoms with Crippen LogP contribution in [0.1, 0.15) is 48.4 Å². The Hall–Kier alpha value is -2.13. The second-order valence-electron chi connectivity index (χ2n) is 7.65. The van der Waals surface area contributed by atoms with Gasteiger partial charge in [-0.2, -0.15) is 0 Å². The summed E-state index contributed by atoms with van der Waals surface area (Å²) in [6.45, 7) is 6.30. The van der Waals surface area contributed by atoms with Gasteiger partial charge >= 0.3 is 5.97 Å². The first-order valence-electron chi connectivity index (χ1n) is 9.65. The zero-order valence-corrected chi connectivity index (χ0v) is 16.0. The number of benzene rings is 2. The Labute approximate surface area is 156 Å². The third-order valence-corrected chi connectivity index (χ3v) is 5.30. The summed E-state index contributed by atoms with van der Waals surface area (Å²) in [6.07, 6.45) is 4.48. The van der Waals surface area contributed by atoms with Crippen LogP contribution in [0.5, 0.6) is 0 Å². The molecule has 3 nitrogen and oxygen atoms in total. The van der Waals surface area contributed by atoms with Crippen LogP contribution in [0.2, 0.25) is 0 Å². The van der Waals surface area contributed by atoms with Crippen LogP contribution in [0.25, 0.3) is 11.1 Å². The minimum Gasteiger partial charge on any atom is -0.480 e. The van der Waals surface area contributed by atoms with Crippen LogP contribution in [0.3, 0.4) is 0 Å². The highest BCUT2D eigenvalue weighted by Gasteiger charge is 2.24. The Balaban J connectivity index is 1.80. The van der Waals surface area contributed by atoms with Gasteiger partial charge in [-0.1, -0.05) is 60.9 Å². The lowest BCUT2D eigenvalue weighted by atomic mass is 9.85. The van der Waals surface area contributed by atoms with E-state index in [0.717, 1.165) is 25.7 Å². The van der Waals surface area contributed by atoms with E-state index < -0.39 is 12.0 Å². The maximum Gasteiger partial charge on any atom is 0.320 e. The summed E-state index contributed by atoms with van der Waals surface area (Å²) in [7, 11) is 0. The van der Waals surface area contributed by atoms with Gasteiger partial charge in [0, 0.05) is 6.04 Å². The molecule has 2 aromatic rings. The van der Waals surface area contributed by atoms with E-state index in [1.165, 1.54) is 33.4 Å². The number of hydrogen-bond acceptors (Lipinski definition) is 2. The van der Waals surface area contributed by atoms with Crippen molar-refractivity contribution in [2.75, 3.05) is 0 Å². The van der Waals surface area contributed by atoms with Crippen molar-refractivity contribution in [1.82, 2.24) is 5.32 Å². The van der Waals surface area contributed by atoms with Crippen LogP contribution < -0.4 is 5.32 Å². The van der Waals surface area contributed by atoms with Crippen LogP contribution in [0, 0.1) is 13.8 Å². The first-order chi connectivity index (χ1) is 12.5. The van der Waals surface area contributed by atoms with Gasteiger partial charge in [-0.3, -0.25) is 4.79 Å². The molecule has 0 saturated heterocycles. The highest BCUT2D eigenvalue weighted by atomic mass is 16.4. The number of carboxylic acid groups (broad SMARTS) is 1. The van der Waals surface area contributed by atoms with Gasteiger partial charge in [0.25, 0.3) is 0 Å². The molecule has 2 N–H and O–H groups in total. The van der Waals surface area contributed by atoms with Crippen molar-refractivity contribution in [2.45, 2.75) is 65.0 Å². The average molecular weight is 351 g/mol. The molecular formula is C23H29NO2. The number of aryl methyl sites for hydroxylation is 3. The second-order valence-corrected chi connectivity index (χ2v) is 7.65. The van der Waals surface area contributed by atoms with Gasteiger partial charge in [-0.25, -0.2) is 0 Å². The molecule has 3 rings (SSSR count). The molecule has 0 spiro atoms. The summed E-state index contributed by atoms with van der Waals surface area (Å²) in [5.41, 5.74) is 7.82. The van der Waals surface area contributed by atoms with Crippen molar-refractivity contribution in [2.24, 2.45) is 0 Å². The van der Waals surface area contributed by atoms with Crippen LogP contribution in [-0.4, -0.2) is 23.2 Å². The van der Waals surface area contributed by atoms with E-state index in [0.29, 0.717) is 6.42 Å². The van der Waals surface area contributed by atoms with Crippen molar-refractivity contribution in [3.05, 3.63) is 58.7 Å². The summed E-state index contributed by atoms with van der Waals surface area (Å²) < 4.78 is 0. The molecule has 3 heteroatoms. The molecule has 138 valence electrons. The normalized spacial score (nSPS) is 17.6. The van der Waals surface area contributed by atoms with E-state index in [1.807, 2.05) is 6.92 Å². The molecule has 1 aliphatic rings. The zero-order chi connectivity index (χ0) is 18.7. The highest BCUT2D eigenvalue weighted by Crippen LogP contribution is 2.29. The molecular weight excluding hydrogens is 322 g/mol. The van der Waals surface area contributed by atoms with Crippen LogP contribution in [-0.2, 0) is 17.6 Å². The van der Waals surface area contributed by atoms with Crippen molar-refractivity contribution < 1.29 is 9.90 Å². The zero-order valence-electron chi connectivity index (χ0n) is 16.0. The van der Waals surface area contributed by atoms with Crippen LogP contribution in [0.4, 0.5) is 0 Å². The molecule has 1 unspecified atom stereocenters. The Kier molecular flexibility index (Phi) is 5.77. The maximum atomic E-state index is 11.4. The molecule has 0 radical (unpaired) electrons. The summed E-state index contributed by atoms with van der Waals surface area (Å²) in [6, 6.07) is 13.2. The maximum absolute atomic E-state index is 11.4. The summed E-state index contributed by atoms with van der Waals surface area (Å²) >= 11 is 0. The summed E-state index contributed by atoms with van der Waals surface area (Å²) in [5, 5.41) is 12.8. The minimum atomic E-state index is -0.735. The molecule has 0 aromatic heterocycles. The fraction of sp³-hybridized carbons (Fsp3) is 0.435. The third-order valence-electron chi connectivity index (χ3n) is 5.30. The van der Waals surface area contributed by atoms with E-state index in [2.05, 4.69) is 55.6 Å². The van der Waals surface area contributed by atoms with Gasteiger partial charge < -0.3 is 10.4 Å². The minimum absolute atomic E-state index is 0.240. The van der Waals surface area contributed by atoms with Gasteiger partial charge in [0.2, 0.25) is 0 Å². The van der Waals surface area contributed by atoms with E-state index in [-0.39, 0.29) is 6.04 Å². The molecule has 2 atom stereocenters. The Morgan fingerprint density at radius 2 is 1.85 bits per heavy atom. The van der Waals surface area contributed by atoms with Crippen molar-refractivity contribution in [1.29, 1.82) is 0 Å². The van der Waals surface area contributed by atoms with Crippen molar-refractivity contribution in [3.8, 4) is 11.1 Å². The second kappa shape index (κ2) is 8.05. The molecule has 0 amide bonds. The molecule has 0 fully saturated rings. The monoisotopic (exact) mass is 351 g/mol. The standard InChI is InChI=1S/C23H29NO2/c1-4-5-22(23(25)26)24-21-9-8-17-6-7-18(13-20(17)14-21)19-11-15(2)10-16(3)12-19/h6-7,10-13,21-22,24H,4-5,8-9,14H2,1-3H3,(H,25,26)/t21-,22?/m0/s1. The summed E-state index contributed by atoms with van der Waals surface area (Å²) in [5.74, 6) is -0.735. The average Bonchev–Trinajstić information content (AvgIpc) is 2.60. The number of rotatable bonds is 6. The Morgan fingerprint density at radius 1 is 1.12 bits per heavy atom. The molecule has 2 aromatic carbocycles. The Bertz CT molecular complexity index is 777. The molecule has 26 heavy (non-hydrogen) atoms. The molecule has 0 aliphatic heterocycles. The number of fused-ring (bicyclic) bond motifs is 1. The number of carboxylic acids is 1. The Morgan fingerprint density at radius 3 is 2.50 bits per heavy atom. The van der Waals surface area contributed by atoms with E-state index in [9.17, 15) is 9.90 Å². The predicted octanol–water partition coefficient (Wildman–Crippen LogP) is 4.67. The number of hydrogen-bond donors (Lipinski definition) is 2. The van der Waals surface area contributed by atoms with Crippen LogP contribution >= 0.6 is 0 Å². The van der Waals surface area contributed by atoms with Gasteiger partial charge in [-0.15, -0.1) is 0 Å². The number of nitrogens with one attached hydrogen (secondary N) is 1. The number of aliphatic carboxylic acids is 1. The number of carbonyl (C=O) groups is 1. The topological polar surface area (TPSA) is 49.3 Å². The molecule has 0 saturated carbocycles. The van der Waals surface area contributed by atoms with E-state index in [1.54, 1.807) is 0 Å². The molecule has 1 aliphatic carbocycles. The lowest BCUT2D eigenvalue weighted by molar-refractivity contribution is -0.139. The van der Waals surface area contributed by atoms with E-state index >= 15 is 0 Å².